The molecule has 1 aromatic heterocycles. The number of halogens is 6. The highest BCUT2D eigenvalue weighted by molar-refractivity contribution is 6.08. The van der Waals surface area contributed by atoms with Crippen molar-refractivity contribution in [3.05, 3.63) is 107 Å². The zero-order valence-corrected chi connectivity index (χ0v) is 26.4. The number of rotatable bonds is 9. The van der Waals surface area contributed by atoms with Gasteiger partial charge in [0.25, 0.3) is 0 Å². The number of nitrogens with zero attached hydrogens (tertiary/aromatic N) is 1. The predicted molar refractivity (Wildman–Crippen MR) is 171 cm³/mol. The number of ketones is 2. The van der Waals surface area contributed by atoms with Crippen molar-refractivity contribution in [3.63, 3.8) is 0 Å². The van der Waals surface area contributed by atoms with E-state index in [1.165, 1.54) is 12.1 Å². The van der Waals surface area contributed by atoms with Gasteiger partial charge in [-0.25, -0.2) is 0 Å². The van der Waals surface area contributed by atoms with Gasteiger partial charge in [-0.2, -0.15) is 26.3 Å². The van der Waals surface area contributed by atoms with Gasteiger partial charge in [0.2, 0.25) is 5.91 Å². The van der Waals surface area contributed by atoms with Crippen LogP contribution in [0.25, 0.3) is 10.9 Å². The van der Waals surface area contributed by atoms with Crippen LogP contribution in [0.4, 0.5) is 26.3 Å². The standard InChI is InChI=1S/C37H35F6N3O3/c38-36(39,40)27-14-6-3-12-25(27)34(48)31-21-45-30(19-23-20-44-29-16-8-5-11-24(23)29)33(46(31)32(47)18-17-22-9-1-2-10-22)35(49)26-13-4-7-15-28(26)37(41,42)43/h3-8,11-16,20,22,30-31,33,44-45H,1-2,9-10,17-19,21H2. The van der Waals surface area contributed by atoms with E-state index in [0.717, 1.165) is 77.9 Å². The van der Waals surface area contributed by atoms with Crippen LogP contribution in [0.5, 0.6) is 0 Å². The molecule has 3 unspecified atom stereocenters. The van der Waals surface area contributed by atoms with Crippen LogP contribution < -0.4 is 5.32 Å². The smallest absolute Gasteiger partial charge is 0.361 e. The van der Waals surface area contributed by atoms with Crippen molar-refractivity contribution in [1.29, 1.82) is 0 Å². The van der Waals surface area contributed by atoms with Gasteiger partial charge in [0, 0.05) is 47.2 Å². The number of alkyl halides is 6. The second-order valence-corrected chi connectivity index (χ2v) is 12.8. The summed E-state index contributed by atoms with van der Waals surface area (Å²) in [6.07, 6.45) is -3.96. The van der Waals surface area contributed by atoms with E-state index >= 15 is 0 Å². The molecular formula is C37H35F6N3O3. The van der Waals surface area contributed by atoms with Gasteiger partial charge in [0.15, 0.2) is 11.6 Å². The number of benzene rings is 3. The number of piperazine rings is 1. The van der Waals surface area contributed by atoms with Crippen molar-refractivity contribution >= 4 is 28.4 Å². The Morgan fingerprint density at radius 3 is 1.96 bits per heavy atom. The molecule has 258 valence electrons. The molecule has 6 nitrogen and oxygen atoms in total. The van der Waals surface area contributed by atoms with E-state index in [2.05, 4.69) is 10.3 Å². The van der Waals surface area contributed by atoms with Crippen LogP contribution in [-0.4, -0.2) is 52.0 Å². The molecule has 3 atom stereocenters. The maximum absolute atomic E-state index is 14.5. The average Bonchev–Trinajstić information content (AvgIpc) is 3.76. The topological polar surface area (TPSA) is 82.3 Å². The number of H-pyrrole nitrogens is 1. The maximum atomic E-state index is 14.5. The van der Waals surface area contributed by atoms with Crippen LogP contribution >= 0.6 is 0 Å². The fourth-order valence-electron chi connectivity index (χ4n) is 7.42. The molecular weight excluding hydrogens is 648 g/mol. The summed E-state index contributed by atoms with van der Waals surface area (Å²) in [6, 6.07) is 11.5. The zero-order chi connectivity index (χ0) is 34.9. The molecule has 49 heavy (non-hydrogen) atoms. The number of Topliss-reactive ketones (excluding diaryl/α,β-unsaturated/α-hetero) is 2. The van der Waals surface area contributed by atoms with E-state index in [0.29, 0.717) is 12.0 Å². The predicted octanol–water partition coefficient (Wildman–Crippen LogP) is 8.02. The number of nitrogens with one attached hydrogen (secondary N) is 2. The third kappa shape index (κ3) is 7.15. The number of aromatic amines is 1. The number of hydrogen-bond donors (Lipinski definition) is 2. The van der Waals surface area contributed by atoms with Gasteiger partial charge in [-0.1, -0.05) is 80.3 Å². The molecule has 0 bridgehead atoms. The lowest BCUT2D eigenvalue weighted by atomic mass is 9.84. The second kappa shape index (κ2) is 13.8. The number of carbonyl (C=O) groups excluding carboxylic acids is 3. The van der Waals surface area contributed by atoms with E-state index < -0.39 is 70.2 Å². The van der Waals surface area contributed by atoms with Crippen LogP contribution in [-0.2, 0) is 23.6 Å². The van der Waals surface area contributed by atoms with Gasteiger partial charge in [0.05, 0.1) is 11.1 Å². The lowest BCUT2D eigenvalue weighted by molar-refractivity contribution is -0.138. The molecule has 2 fully saturated rings. The van der Waals surface area contributed by atoms with Gasteiger partial charge in [0.1, 0.15) is 12.1 Å². The normalized spacial score (nSPS) is 20.5. The highest BCUT2D eigenvalue weighted by Crippen LogP contribution is 2.37. The highest BCUT2D eigenvalue weighted by Gasteiger charge is 2.49. The second-order valence-electron chi connectivity index (χ2n) is 12.8. The monoisotopic (exact) mass is 683 g/mol. The summed E-state index contributed by atoms with van der Waals surface area (Å²) in [6.45, 7) is -0.308. The van der Waals surface area contributed by atoms with Crippen LogP contribution in [0.2, 0.25) is 0 Å². The van der Waals surface area contributed by atoms with Crippen molar-refractivity contribution in [2.75, 3.05) is 6.54 Å². The molecule has 12 heteroatoms. The lowest BCUT2D eigenvalue weighted by Crippen LogP contribution is -2.69. The Balaban J connectivity index is 1.47. The summed E-state index contributed by atoms with van der Waals surface area (Å²) in [5, 5.41) is 3.90. The third-order valence-corrected chi connectivity index (χ3v) is 9.80. The first kappa shape index (κ1) is 34.4. The Morgan fingerprint density at radius 1 is 0.755 bits per heavy atom. The number of aromatic nitrogens is 1. The lowest BCUT2D eigenvalue weighted by Gasteiger charge is -2.46. The SMILES string of the molecule is O=C(c1ccccc1C(F)(F)F)C1CNC(Cc2c[nH]c3ccccc23)C(C(=O)c2ccccc2C(F)(F)F)N1C(=O)CCC1CCCC1. The minimum Gasteiger partial charge on any atom is -0.361 e. The fraction of sp³-hybridized carbons (Fsp3) is 0.378. The van der Waals surface area contributed by atoms with Gasteiger partial charge < -0.3 is 15.2 Å². The van der Waals surface area contributed by atoms with Gasteiger partial charge >= 0.3 is 12.4 Å². The van der Waals surface area contributed by atoms with Crippen LogP contribution in [0.3, 0.4) is 0 Å². The molecule has 0 radical (unpaired) electrons. The zero-order valence-electron chi connectivity index (χ0n) is 26.4. The molecule has 6 rings (SSSR count). The van der Waals surface area contributed by atoms with Crippen LogP contribution in [0.1, 0.15) is 75.9 Å². The highest BCUT2D eigenvalue weighted by atomic mass is 19.4. The van der Waals surface area contributed by atoms with Gasteiger partial charge in [-0.15, -0.1) is 0 Å². The average molecular weight is 684 g/mol. The Morgan fingerprint density at radius 2 is 1.33 bits per heavy atom. The largest absolute Gasteiger partial charge is 0.417 e. The minimum absolute atomic E-state index is 0.0705. The Bertz CT molecular complexity index is 1840. The van der Waals surface area contributed by atoms with Crippen LogP contribution in [0, 0.1) is 5.92 Å². The van der Waals surface area contributed by atoms with Gasteiger partial charge in [-0.3, -0.25) is 14.4 Å². The van der Waals surface area contributed by atoms with Crippen molar-refractivity contribution < 1.29 is 40.7 Å². The molecule has 3 aromatic carbocycles. The quantitative estimate of drug-likeness (QED) is 0.138. The summed E-state index contributed by atoms with van der Waals surface area (Å²) in [7, 11) is 0. The molecule has 1 saturated heterocycles. The van der Waals surface area contributed by atoms with Gasteiger partial charge in [-0.05, 0) is 42.5 Å². The molecule has 1 saturated carbocycles. The van der Waals surface area contributed by atoms with Crippen molar-refractivity contribution in [2.45, 2.75) is 75.4 Å². The van der Waals surface area contributed by atoms with E-state index in [9.17, 15) is 40.7 Å². The molecule has 0 spiro atoms. The molecule has 4 aromatic rings. The summed E-state index contributed by atoms with van der Waals surface area (Å²) in [4.78, 5) is 47.1. The maximum Gasteiger partial charge on any atom is 0.417 e. The number of para-hydroxylation sites is 1. The molecule has 2 N–H and O–H groups in total. The Labute approximate surface area is 278 Å². The Kier molecular flexibility index (Phi) is 9.70. The first-order valence-electron chi connectivity index (χ1n) is 16.3. The van der Waals surface area contributed by atoms with Crippen molar-refractivity contribution in [2.24, 2.45) is 5.92 Å². The third-order valence-electron chi connectivity index (χ3n) is 9.80. The summed E-state index contributed by atoms with van der Waals surface area (Å²) in [5.41, 5.74) is -2.31. The summed E-state index contributed by atoms with van der Waals surface area (Å²) in [5.74, 6) is -2.56. The van der Waals surface area contributed by atoms with Crippen molar-refractivity contribution in [3.8, 4) is 0 Å². The number of fused-ring (bicyclic) bond motifs is 1. The molecule has 1 aliphatic heterocycles. The first-order chi connectivity index (χ1) is 23.3. The minimum atomic E-state index is -4.92. The fourth-order valence-corrected chi connectivity index (χ4v) is 7.42. The van der Waals surface area contributed by atoms with E-state index in [1.807, 2.05) is 24.3 Å². The van der Waals surface area contributed by atoms with E-state index in [1.54, 1.807) is 6.20 Å². The van der Waals surface area contributed by atoms with E-state index in [-0.39, 0.29) is 25.3 Å². The number of amides is 1. The van der Waals surface area contributed by atoms with E-state index in [4.69, 9.17) is 0 Å². The molecule has 1 amide bonds. The van der Waals surface area contributed by atoms with Crippen LogP contribution in [0.15, 0.2) is 79.0 Å². The molecule has 1 aliphatic carbocycles. The Hall–Kier alpha value is -4.45. The summed E-state index contributed by atoms with van der Waals surface area (Å²) >= 11 is 0. The number of carbonyl (C=O) groups is 3. The summed E-state index contributed by atoms with van der Waals surface area (Å²) < 4.78 is 85.1. The molecule has 2 aliphatic rings. The van der Waals surface area contributed by atoms with Crippen molar-refractivity contribution in [1.82, 2.24) is 15.2 Å². The first-order valence-corrected chi connectivity index (χ1v) is 16.3. The number of hydrogen-bond acceptors (Lipinski definition) is 4. The molecule has 2 heterocycles.